The molecule has 1 atom stereocenters. The minimum absolute atomic E-state index is 0.0520. The number of para-hydroxylation sites is 1. The van der Waals surface area contributed by atoms with Crippen LogP contribution in [0, 0.1) is 0 Å². The summed E-state index contributed by atoms with van der Waals surface area (Å²) in [5.41, 5.74) is 3.63. The maximum atomic E-state index is 11.9. The third-order valence-electron chi connectivity index (χ3n) is 4.57. The number of fused-ring (bicyclic) bond motifs is 1. The van der Waals surface area contributed by atoms with Gasteiger partial charge in [-0.05, 0) is 30.2 Å². The zero-order valence-corrected chi connectivity index (χ0v) is 16.6. The number of hydrogen-bond donors (Lipinski definition) is 2. The number of aromatic nitrogens is 2. The number of nitrogens with one attached hydrogen (secondary N) is 1. The summed E-state index contributed by atoms with van der Waals surface area (Å²) in [6.45, 7) is 2.03. The van der Waals surface area contributed by atoms with Crippen molar-refractivity contribution in [3.8, 4) is 0 Å². The summed E-state index contributed by atoms with van der Waals surface area (Å²) in [4.78, 5) is 15.3. The summed E-state index contributed by atoms with van der Waals surface area (Å²) in [6.07, 6.45) is 5.12. The van der Waals surface area contributed by atoms with Gasteiger partial charge in [-0.3, -0.25) is 9.78 Å². The van der Waals surface area contributed by atoms with E-state index in [1.165, 1.54) is 0 Å². The Balaban J connectivity index is 2.19. The topological polar surface area (TPSA) is 101 Å². The van der Waals surface area contributed by atoms with Gasteiger partial charge in [-0.2, -0.15) is 0 Å². The lowest BCUT2D eigenvalue weighted by molar-refractivity contribution is -0.137. The second-order valence-electron chi connectivity index (χ2n) is 6.83. The van der Waals surface area contributed by atoms with E-state index in [-0.39, 0.29) is 13.0 Å². The molecular weight excluding hydrogens is 378 g/mol. The van der Waals surface area contributed by atoms with Gasteiger partial charge in [0.1, 0.15) is 0 Å². The van der Waals surface area contributed by atoms with Gasteiger partial charge >= 0.3 is 5.97 Å². The third-order valence-corrected chi connectivity index (χ3v) is 5.36. The summed E-state index contributed by atoms with van der Waals surface area (Å²) in [7, 11) is -3.44. The van der Waals surface area contributed by atoms with Crippen molar-refractivity contribution in [1.29, 1.82) is 0 Å². The fraction of sp³-hybridized carbons (Fsp3) is 0.300. The van der Waals surface area contributed by atoms with Crippen LogP contribution < -0.4 is 4.72 Å². The SMILES string of the molecule is CC(NS(C)(=O)=O)c1c(Cc2cccnc2)c2ccccc2n1CCC(=O)O. The van der Waals surface area contributed by atoms with Crippen LogP contribution in [-0.2, 0) is 27.8 Å². The molecule has 0 aliphatic carbocycles. The molecule has 2 aromatic heterocycles. The number of sulfonamides is 1. The Morgan fingerprint density at radius 1 is 1.25 bits per heavy atom. The molecule has 2 N–H and O–H groups in total. The van der Waals surface area contributed by atoms with E-state index in [0.717, 1.165) is 34.0 Å². The molecule has 3 rings (SSSR count). The number of hydrogen-bond acceptors (Lipinski definition) is 4. The second-order valence-corrected chi connectivity index (χ2v) is 8.61. The van der Waals surface area contributed by atoms with Gasteiger partial charge in [0.15, 0.2) is 0 Å². The molecule has 0 saturated carbocycles. The van der Waals surface area contributed by atoms with Crippen LogP contribution in [-0.4, -0.2) is 35.3 Å². The second kappa shape index (κ2) is 8.12. The number of carboxylic acids is 1. The van der Waals surface area contributed by atoms with Crippen LogP contribution in [0.25, 0.3) is 10.9 Å². The molecule has 0 fully saturated rings. The predicted molar refractivity (Wildman–Crippen MR) is 108 cm³/mol. The Hall–Kier alpha value is -2.71. The fourth-order valence-corrected chi connectivity index (χ4v) is 4.36. The molecule has 3 aromatic rings. The standard InChI is InChI=1S/C20H23N3O4S/c1-14(22-28(2,26)27)20-17(12-15-6-5-10-21-13-15)16-7-3-4-8-18(16)23(20)11-9-19(24)25/h3-8,10,13-14,22H,9,11-12H2,1-2H3,(H,24,25). The summed E-state index contributed by atoms with van der Waals surface area (Å²) in [5, 5.41) is 10.2. The molecule has 1 aromatic carbocycles. The Morgan fingerprint density at radius 3 is 2.64 bits per heavy atom. The molecule has 8 heteroatoms. The zero-order valence-electron chi connectivity index (χ0n) is 15.8. The van der Waals surface area contributed by atoms with E-state index in [1.807, 2.05) is 41.0 Å². The lowest BCUT2D eigenvalue weighted by Gasteiger charge is -2.19. The molecule has 2 heterocycles. The number of rotatable bonds is 8. The van der Waals surface area contributed by atoms with Crippen molar-refractivity contribution < 1.29 is 18.3 Å². The summed E-state index contributed by atoms with van der Waals surface area (Å²) >= 11 is 0. The quantitative estimate of drug-likeness (QED) is 0.604. The molecular formula is C20H23N3O4S. The van der Waals surface area contributed by atoms with Gasteiger partial charge in [-0.1, -0.05) is 24.3 Å². The van der Waals surface area contributed by atoms with Gasteiger partial charge in [-0.15, -0.1) is 0 Å². The average Bonchev–Trinajstić information content (AvgIpc) is 2.93. The van der Waals surface area contributed by atoms with Crippen molar-refractivity contribution in [2.45, 2.75) is 32.4 Å². The van der Waals surface area contributed by atoms with Gasteiger partial charge in [0.2, 0.25) is 10.0 Å². The Kier molecular flexibility index (Phi) is 5.81. The van der Waals surface area contributed by atoms with Crippen LogP contribution in [0.15, 0.2) is 48.8 Å². The Morgan fingerprint density at radius 2 is 2.00 bits per heavy atom. The van der Waals surface area contributed by atoms with Gasteiger partial charge in [0.05, 0.1) is 18.7 Å². The van der Waals surface area contributed by atoms with Gasteiger partial charge in [0, 0.05) is 42.0 Å². The lowest BCUT2D eigenvalue weighted by atomic mass is 10.0. The smallest absolute Gasteiger partial charge is 0.305 e. The van der Waals surface area contributed by atoms with Gasteiger partial charge < -0.3 is 9.67 Å². The van der Waals surface area contributed by atoms with Gasteiger partial charge in [0.25, 0.3) is 0 Å². The molecule has 0 bridgehead atoms. The highest BCUT2D eigenvalue weighted by Crippen LogP contribution is 2.32. The Bertz CT molecular complexity index is 1090. The van der Waals surface area contributed by atoms with Crippen LogP contribution in [0.5, 0.6) is 0 Å². The molecule has 0 radical (unpaired) electrons. The third kappa shape index (κ3) is 4.58. The van der Waals surface area contributed by atoms with E-state index in [4.69, 9.17) is 0 Å². The maximum Gasteiger partial charge on any atom is 0.305 e. The van der Waals surface area contributed by atoms with E-state index < -0.39 is 22.0 Å². The molecule has 0 aliphatic rings. The highest BCUT2D eigenvalue weighted by molar-refractivity contribution is 7.88. The number of aryl methyl sites for hydroxylation is 1. The van der Waals surface area contributed by atoms with Crippen LogP contribution in [0.4, 0.5) is 0 Å². The van der Waals surface area contributed by atoms with Crippen LogP contribution in [0.2, 0.25) is 0 Å². The first kappa shape index (κ1) is 20.0. The first-order valence-corrected chi connectivity index (χ1v) is 10.8. The summed E-state index contributed by atoms with van der Waals surface area (Å²) in [6, 6.07) is 11.0. The molecule has 1 unspecified atom stereocenters. The zero-order chi connectivity index (χ0) is 20.3. The van der Waals surface area contributed by atoms with Gasteiger partial charge in [-0.25, -0.2) is 13.1 Å². The van der Waals surface area contributed by atoms with E-state index in [1.54, 1.807) is 19.3 Å². The molecule has 0 saturated heterocycles. The molecule has 0 aliphatic heterocycles. The van der Waals surface area contributed by atoms with Crippen molar-refractivity contribution in [3.05, 3.63) is 65.6 Å². The number of pyridine rings is 1. The first-order valence-electron chi connectivity index (χ1n) is 8.94. The average molecular weight is 401 g/mol. The molecule has 0 amide bonds. The van der Waals surface area contributed by atoms with E-state index in [9.17, 15) is 18.3 Å². The molecule has 148 valence electrons. The molecule has 28 heavy (non-hydrogen) atoms. The minimum atomic E-state index is -3.44. The number of aliphatic carboxylic acids is 1. The first-order chi connectivity index (χ1) is 13.3. The van der Waals surface area contributed by atoms with Crippen molar-refractivity contribution in [3.63, 3.8) is 0 Å². The highest BCUT2D eigenvalue weighted by atomic mass is 32.2. The molecule has 7 nitrogen and oxygen atoms in total. The van der Waals surface area contributed by atoms with E-state index in [2.05, 4.69) is 9.71 Å². The van der Waals surface area contributed by atoms with E-state index >= 15 is 0 Å². The maximum absolute atomic E-state index is 11.9. The monoisotopic (exact) mass is 401 g/mol. The number of carboxylic acid groups (broad SMARTS) is 1. The van der Waals surface area contributed by atoms with Crippen molar-refractivity contribution in [1.82, 2.24) is 14.3 Å². The number of benzene rings is 1. The van der Waals surface area contributed by atoms with Crippen LogP contribution >= 0.6 is 0 Å². The normalized spacial score (nSPS) is 12.9. The lowest BCUT2D eigenvalue weighted by Crippen LogP contribution is -2.28. The summed E-state index contributed by atoms with van der Waals surface area (Å²) < 4.78 is 28.3. The van der Waals surface area contributed by atoms with Crippen LogP contribution in [0.3, 0.4) is 0 Å². The van der Waals surface area contributed by atoms with Crippen LogP contribution in [0.1, 0.15) is 36.2 Å². The van der Waals surface area contributed by atoms with Crippen molar-refractivity contribution in [2.75, 3.05) is 6.26 Å². The van der Waals surface area contributed by atoms with Crippen molar-refractivity contribution >= 4 is 26.9 Å². The number of carbonyl (C=O) groups is 1. The Labute approximate surface area is 164 Å². The highest BCUT2D eigenvalue weighted by Gasteiger charge is 2.24. The van der Waals surface area contributed by atoms with Crippen molar-refractivity contribution in [2.24, 2.45) is 0 Å². The summed E-state index contributed by atoms with van der Waals surface area (Å²) in [5.74, 6) is -0.902. The van der Waals surface area contributed by atoms with E-state index in [0.29, 0.717) is 6.42 Å². The fourth-order valence-electron chi connectivity index (χ4n) is 3.61. The largest absolute Gasteiger partial charge is 0.481 e. The predicted octanol–water partition coefficient (Wildman–Crippen LogP) is 2.71. The molecule has 0 spiro atoms. The minimum Gasteiger partial charge on any atom is -0.481 e. The number of nitrogens with zero attached hydrogens (tertiary/aromatic N) is 2.